The van der Waals surface area contributed by atoms with E-state index >= 15 is 0 Å². The van der Waals surface area contributed by atoms with Crippen molar-refractivity contribution in [1.82, 2.24) is 0 Å². The van der Waals surface area contributed by atoms with E-state index in [1.807, 2.05) is 0 Å². The predicted octanol–water partition coefficient (Wildman–Crippen LogP) is 0.751. The van der Waals surface area contributed by atoms with E-state index in [0.717, 1.165) is 6.07 Å². The first-order valence-electron chi connectivity index (χ1n) is 3.60. The molecule has 1 N–H and O–H groups in total. The van der Waals surface area contributed by atoms with Crippen LogP contribution in [0, 0.1) is 6.07 Å². The van der Waals surface area contributed by atoms with Gasteiger partial charge in [0, 0.05) is 12.1 Å². The Balaban J connectivity index is 3.33. The molecule has 0 atom stereocenters. The molecule has 0 saturated heterocycles. The Morgan fingerprint density at radius 2 is 2.00 bits per heavy atom. The number of benzene rings is 1. The first-order chi connectivity index (χ1) is 6.49. The highest BCUT2D eigenvalue weighted by molar-refractivity contribution is 7.86. The monoisotopic (exact) mass is 217 g/mol. The van der Waals surface area contributed by atoms with Crippen LogP contribution in [0.2, 0.25) is 0 Å². The summed E-state index contributed by atoms with van der Waals surface area (Å²) in [5, 5.41) is 0. The molecule has 0 aliphatic rings. The zero-order valence-electron chi connectivity index (χ0n) is 7.64. The van der Waals surface area contributed by atoms with E-state index in [1.165, 1.54) is 20.3 Å². The lowest BCUT2D eigenvalue weighted by Crippen LogP contribution is -2.01. The summed E-state index contributed by atoms with van der Waals surface area (Å²) in [5.74, 6) is 0.345. The molecular weight excluding hydrogens is 208 g/mol. The third-order valence-corrected chi connectivity index (χ3v) is 2.44. The fourth-order valence-corrected chi connectivity index (χ4v) is 1.52. The average molecular weight is 217 g/mol. The van der Waals surface area contributed by atoms with Crippen LogP contribution < -0.4 is 9.47 Å². The van der Waals surface area contributed by atoms with Crippen LogP contribution in [0.15, 0.2) is 17.0 Å². The SMILES string of the molecule is COc1[c]cc(S(=O)(=O)O)c(OC)c1. The molecule has 0 amide bonds. The molecule has 1 aromatic rings. The molecule has 0 heterocycles. The molecule has 0 saturated carbocycles. The number of ether oxygens (including phenoxy) is 2. The minimum atomic E-state index is -4.28. The number of methoxy groups -OCH3 is 2. The third kappa shape index (κ3) is 2.15. The molecule has 6 heteroatoms. The summed E-state index contributed by atoms with van der Waals surface area (Å²) in [6.45, 7) is 0. The van der Waals surface area contributed by atoms with E-state index in [4.69, 9.17) is 14.0 Å². The summed E-state index contributed by atoms with van der Waals surface area (Å²) < 4.78 is 40.0. The van der Waals surface area contributed by atoms with Crippen molar-refractivity contribution >= 4 is 10.1 Å². The third-order valence-electron chi connectivity index (χ3n) is 1.57. The molecule has 1 aromatic carbocycles. The van der Waals surface area contributed by atoms with Gasteiger partial charge in [-0.15, -0.1) is 0 Å². The van der Waals surface area contributed by atoms with Gasteiger partial charge in [-0.1, -0.05) is 0 Å². The lowest BCUT2D eigenvalue weighted by atomic mass is 10.3. The minimum absolute atomic E-state index is 0.0168. The Morgan fingerprint density at radius 3 is 2.43 bits per heavy atom. The van der Waals surface area contributed by atoms with Gasteiger partial charge in [0.15, 0.2) is 0 Å². The normalized spacial score (nSPS) is 11.1. The quantitative estimate of drug-likeness (QED) is 0.756. The maximum absolute atomic E-state index is 10.8. The topological polar surface area (TPSA) is 72.8 Å². The first-order valence-corrected chi connectivity index (χ1v) is 5.04. The highest BCUT2D eigenvalue weighted by atomic mass is 32.2. The maximum Gasteiger partial charge on any atom is 0.298 e. The van der Waals surface area contributed by atoms with Crippen LogP contribution >= 0.6 is 0 Å². The Bertz CT molecular complexity index is 423. The van der Waals surface area contributed by atoms with Gasteiger partial charge in [0.1, 0.15) is 16.4 Å². The van der Waals surface area contributed by atoms with Crippen LogP contribution in [0.1, 0.15) is 0 Å². The van der Waals surface area contributed by atoms with Crippen molar-refractivity contribution < 1.29 is 22.4 Å². The van der Waals surface area contributed by atoms with Crippen molar-refractivity contribution in [3.05, 3.63) is 18.2 Å². The molecule has 5 nitrogen and oxygen atoms in total. The summed E-state index contributed by atoms with van der Waals surface area (Å²) >= 11 is 0. The van der Waals surface area contributed by atoms with Gasteiger partial charge >= 0.3 is 0 Å². The van der Waals surface area contributed by atoms with Crippen molar-refractivity contribution in [3.63, 3.8) is 0 Å². The molecule has 1 radical (unpaired) electrons. The molecule has 0 fully saturated rings. The fraction of sp³-hybridized carbons (Fsp3) is 0.250. The van der Waals surface area contributed by atoms with E-state index in [-0.39, 0.29) is 10.6 Å². The van der Waals surface area contributed by atoms with Gasteiger partial charge in [-0.05, 0) is 6.07 Å². The van der Waals surface area contributed by atoms with Crippen molar-refractivity contribution in [3.8, 4) is 11.5 Å². The Labute approximate surface area is 82.0 Å². The summed E-state index contributed by atoms with van der Waals surface area (Å²) in [4.78, 5) is -0.333. The average Bonchev–Trinajstić information content (AvgIpc) is 2.15. The maximum atomic E-state index is 10.8. The zero-order chi connectivity index (χ0) is 10.8. The van der Waals surface area contributed by atoms with Crippen LogP contribution in [0.25, 0.3) is 0 Å². The zero-order valence-corrected chi connectivity index (χ0v) is 8.46. The smallest absolute Gasteiger partial charge is 0.298 e. The fourth-order valence-electron chi connectivity index (χ4n) is 0.919. The van der Waals surface area contributed by atoms with Gasteiger partial charge in [0.25, 0.3) is 10.1 Å². The molecule has 77 valence electrons. The molecule has 14 heavy (non-hydrogen) atoms. The van der Waals surface area contributed by atoms with Gasteiger partial charge in [0.05, 0.1) is 14.2 Å². The Morgan fingerprint density at radius 1 is 1.36 bits per heavy atom. The number of hydrogen-bond donors (Lipinski definition) is 1. The van der Waals surface area contributed by atoms with Gasteiger partial charge in [-0.2, -0.15) is 8.42 Å². The van der Waals surface area contributed by atoms with Gasteiger partial charge < -0.3 is 9.47 Å². The number of rotatable bonds is 3. The van der Waals surface area contributed by atoms with E-state index in [2.05, 4.69) is 6.07 Å². The second-order valence-electron chi connectivity index (χ2n) is 2.41. The molecule has 0 aliphatic heterocycles. The highest BCUT2D eigenvalue weighted by Crippen LogP contribution is 2.27. The molecule has 1 rings (SSSR count). The van der Waals surface area contributed by atoms with Gasteiger partial charge in [0.2, 0.25) is 0 Å². The standard InChI is InChI=1S/C8H9O5S/c1-12-6-3-4-8(14(9,10)11)7(5-6)13-2/h4-5H,1-2H3,(H,9,10,11). The first kappa shape index (κ1) is 10.8. The summed E-state index contributed by atoms with van der Waals surface area (Å²) in [6, 6.07) is 4.94. The summed E-state index contributed by atoms with van der Waals surface area (Å²) in [7, 11) is -1.57. The number of hydrogen-bond acceptors (Lipinski definition) is 4. The molecule has 0 unspecified atom stereocenters. The van der Waals surface area contributed by atoms with Crippen LogP contribution in [0.3, 0.4) is 0 Å². The highest BCUT2D eigenvalue weighted by Gasteiger charge is 2.16. The Hall–Kier alpha value is -1.27. The molecule has 0 aromatic heterocycles. The lowest BCUT2D eigenvalue weighted by molar-refractivity contribution is 0.382. The van der Waals surface area contributed by atoms with Crippen LogP contribution in [-0.2, 0) is 10.1 Å². The van der Waals surface area contributed by atoms with E-state index in [9.17, 15) is 8.42 Å². The van der Waals surface area contributed by atoms with Crippen LogP contribution in [0.4, 0.5) is 0 Å². The van der Waals surface area contributed by atoms with Gasteiger partial charge in [-0.25, -0.2) is 0 Å². The second-order valence-corrected chi connectivity index (χ2v) is 3.80. The molecular formula is C8H9O5S. The summed E-state index contributed by atoms with van der Waals surface area (Å²) in [5.41, 5.74) is 0. The second kappa shape index (κ2) is 3.85. The van der Waals surface area contributed by atoms with E-state index < -0.39 is 10.1 Å². The van der Waals surface area contributed by atoms with Crippen LogP contribution in [-0.4, -0.2) is 27.2 Å². The van der Waals surface area contributed by atoms with Crippen LogP contribution in [0.5, 0.6) is 11.5 Å². The van der Waals surface area contributed by atoms with Gasteiger partial charge in [-0.3, -0.25) is 4.55 Å². The lowest BCUT2D eigenvalue weighted by Gasteiger charge is -2.06. The molecule has 0 aliphatic carbocycles. The Kier molecular flexibility index (Phi) is 2.97. The minimum Gasteiger partial charge on any atom is -0.496 e. The molecule has 0 spiro atoms. The molecule has 0 bridgehead atoms. The van der Waals surface area contributed by atoms with E-state index in [0.29, 0.717) is 5.75 Å². The van der Waals surface area contributed by atoms with Crippen molar-refractivity contribution in [2.75, 3.05) is 14.2 Å². The van der Waals surface area contributed by atoms with Crippen molar-refractivity contribution in [2.45, 2.75) is 4.90 Å². The largest absolute Gasteiger partial charge is 0.496 e. The van der Waals surface area contributed by atoms with E-state index in [1.54, 1.807) is 0 Å². The predicted molar refractivity (Wildman–Crippen MR) is 48.2 cm³/mol. The van der Waals surface area contributed by atoms with Crippen molar-refractivity contribution in [2.24, 2.45) is 0 Å². The summed E-state index contributed by atoms with van der Waals surface area (Å²) in [6.07, 6.45) is 0. The van der Waals surface area contributed by atoms with Crippen molar-refractivity contribution in [1.29, 1.82) is 0 Å².